The van der Waals surface area contributed by atoms with E-state index in [9.17, 15) is 24.9 Å². The van der Waals surface area contributed by atoms with E-state index in [2.05, 4.69) is 25.8 Å². The smallest absolute Gasteiger partial charge is 0.286 e. The van der Waals surface area contributed by atoms with E-state index in [1.54, 1.807) is 11.2 Å². The summed E-state index contributed by atoms with van der Waals surface area (Å²) >= 11 is 1.11. The average Bonchev–Trinajstić information content (AvgIpc) is 3.55. The molecule has 3 saturated heterocycles. The first kappa shape index (κ1) is 27.2. The molecule has 0 radical (unpaired) electrons. The number of aliphatic hydroxyl groups is 3. The molecule has 8 atom stereocenters. The molecule has 4 heterocycles. The van der Waals surface area contributed by atoms with Gasteiger partial charge in [0.05, 0.1) is 37.1 Å². The second kappa shape index (κ2) is 11.8. The highest BCUT2D eigenvalue weighted by Gasteiger charge is 2.51. The number of ether oxygens (including phenoxy) is 2. The molecule has 0 bridgehead atoms. The summed E-state index contributed by atoms with van der Waals surface area (Å²) in [5.74, 6) is 0.297. The monoisotopic (exact) mass is 542 g/mol. The lowest BCUT2D eigenvalue weighted by Crippen LogP contribution is -2.68. The molecular weight excluding hydrogens is 504 g/mol. The lowest BCUT2D eigenvalue weighted by molar-refractivity contribution is -0.119. The van der Waals surface area contributed by atoms with Crippen molar-refractivity contribution in [2.75, 3.05) is 33.5 Å². The molecule has 0 aromatic heterocycles. The molecule has 0 aromatic rings. The van der Waals surface area contributed by atoms with Crippen LogP contribution in [0.3, 0.4) is 0 Å². The van der Waals surface area contributed by atoms with Crippen LogP contribution in [0.5, 0.6) is 0 Å². The van der Waals surface area contributed by atoms with E-state index in [0.717, 1.165) is 43.9 Å². The van der Waals surface area contributed by atoms with Gasteiger partial charge in [0.1, 0.15) is 30.5 Å². The summed E-state index contributed by atoms with van der Waals surface area (Å²) in [6.45, 7) is 1.48. The minimum absolute atomic E-state index is 0.0540. The Bertz CT molecular complexity index is 861. The summed E-state index contributed by atoms with van der Waals surface area (Å²) in [7, 11) is 2.02. The van der Waals surface area contributed by atoms with Crippen molar-refractivity contribution in [1.29, 1.82) is 0 Å². The van der Waals surface area contributed by atoms with Gasteiger partial charge in [-0.2, -0.15) is 0 Å². The van der Waals surface area contributed by atoms with Crippen LogP contribution in [0.4, 0.5) is 4.79 Å². The largest absolute Gasteiger partial charge is 0.394 e. The number of carbonyl (C=O) groups excluding carboxylic acids is 2. The van der Waals surface area contributed by atoms with E-state index in [4.69, 9.17) is 9.47 Å². The number of hydrogen-bond acceptors (Lipinski definition) is 13. The fourth-order valence-corrected chi connectivity index (χ4v) is 6.96. The molecule has 8 unspecified atom stereocenters. The standard InChI is InChI=1S/C23H38N6O7S/c1-28(6-7-35-13-4-2-12(3-5-13)8-15-21(33)27-23(34)37-15)19-16-20(25-10-24-19)29(11-26-16)22-18(32)17(31)14(9-30)36-22/h11-20,22,24-25,30-32H,2-10H2,1H3,(H,27,33,34). The maximum Gasteiger partial charge on any atom is 0.286 e. The van der Waals surface area contributed by atoms with Crippen LogP contribution in [0, 0.1) is 5.92 Å². The van der Waals surface area contributed by atoms with Crippen LogP contribution in [0.25, 0.3) is 0 Å². The van der Waals surface area contributed by atoms with Crippen LogP contribution in [0.1, 0.15) is 32.1 Å². The van der Waals surface area contributed by atoms with Gasteiger partial charge in [-0.05, 0) is 45.1 Å². The number of thioether (sulfide) groups is 1. The second-order valence-electron chi connectivity index (χ2n) is 10.5. The van der Waals surface area contributed by atoms with E-state index >= 15 is 0 Å². The van der Waals surface area contributed by atoms with Crippen molar-refractivity contribution in [2.45, 2.75) is 86.4 Å². The molecule has 4 fully saturated rings. The fraction of sp³-hybridized carbons (Fsp3) is 0.870. The minimum Gasteiger partial charge on any atom is -0.394 e. The van der Waals surface area contributed by atoms with Crippen LogP contribution in [0.15, 0.2) is 4.99 Å². The van der Waals surface area contributed by atoms with Gasteiger partial charge < -0.3 is 29.7 Å². The van der Waals surface area contributed by atoms with Crippen LogP contribution in [-0.2, 0) is 14.3 Å². The Kier molecular flexibility index (Phi) is 8.68. The second-order valence-corrected chi connectivity index (χ2v) is 11.7. The van der Waals surface area contributed by atoms with Gasteiger partial charge in [-0.15, -0.1) is 0 Å². The molecule has 0 aromatic carbocycles. The molecule has 5 rings (SSSR count). The van der Waals surface area contributed by atoms with Crippen molar-refractivity contribution in [1.82, 2.24) is 25.8 Å². The number of aliphatic imine (C=N–C) groups is 1. The van der Waals surface area contributed by atoms with Crippen LogP contribution >= 0.6 is 11.8 Å². The molecule has 2 amide bonds. The summed E-state index contributed by atoms with van der Waals surface area (Å²) in [6.07, 6.45) is 2.35. The van der Waals surface area contributed by atoms with Gasteiger partial charge in [0.15, 0.2) is 6.23 Å². The highest BCUT2D eigenvalue weighted by Crippen LogP contribution is 2.34. The maximum atomic E-state index is 11.8. The Morgan fingerprint density at radius 2 is 2.00 bits per heavy atom. The minimum atomic E-state index is -1.15. The zero-order valence-electron chi connectivity index (χ0n) is 20.9. The number of carbonyl (C=O) groups is 2. The van der Waals surface area contributed by atoms with Gasteiger partial charge in [0, 0.05) is 13.2 Å². The van der Waals surface area contributed by atoms with Crippen LogP contribution in [0.2, 0.25) is 0 Å². The Hall–Kier alpha value is -1.36. The molecular formula is C23H38N6O7S. The molecule has 37 heavy (non-hydrogen) atoms. The van der Waals surface area contributed by atoms with Crippen molar-refractivity contribution in [2.24, 2.45) is 10.9 Å². The number of fused-ring (bicyclic) bond motifs is 1. The van der Waals surface area contributed by atoms with Crippen molar-refractivity contribution in [3.05, 3.63) is 0 Å². The number of nitrogens with one attached hydrogen (secondary N) is 3. The Balaban J connectivity index is 1.05. The number of amides is 2. The lowest BCUT2D eigenvalue weighted by atomic mass is 9.84. The number of nitrogens with zero attached hydrogens (tertiary/aromatic N) is 3. The summed E-state index contributed by atoms with van der Waals surface area (Å²) in [6, 6.07) is -0.159. The molecule has 208 valence electrons. The first-order valence-corrected chi connectivity index (χ1v) is 14.0. The van der Waals surface area contributed by atoms with Crippen LogP contribution in [-0.4, -0.2) is 130 Å². The molecule has 1 saturated carbocycles. The Labute approximate surface area is 220 Å². The van der Waals surface area contributed by atoms with E-state index in [1.807, 2.05) is 7.05 Å². The van der Waals surface area contributed by atoms with E-state index in [1.165, 1.54) is 0 Å². The number of imide groups is 1. The molecule has 14 heteroatoms. The number of rotatable bonds is 9. The zero-order valence-corrected chi connectivity index (χ0v) is 21.8. The predicted octanol–water partition coefficient (Wildman–Crippen LogP) is -1.81. The molecule has 4 aliphatic heterocycles. The zero-order chi connectivity index (χ0) is 26.1. The third-order valence-electron chi connectivity index (χ3n) is 8.15. The topological polar surface area (TPSA) is 168 Å². The molecule has 1 aliphatic carbocycles. The lowest BCUT2D eigenvalue weighted by Gasteiger charge is -2.43. The number of aliphatic hydroxyl groups excluding tert-OH is 3. The summed E-state index contributed by atoms with van der Waals surface area (Å²) in [5, 5.41) is 38.7. The first-order valence-electron chi connectivity index (χ1n) is 13.1. The highest BCUT2D eigenvalue weighted by atomic mass is 32.2. The van der Waals surface area contributed by atoms with Crippen molar-refractivity contribution in [3.63, 3.8) is 0 Å². The predicted molar refractivity (Wildman–Crippen MR) is 134 cm³/mol. The van der Waals surface area contributed by atoms with Gasteiger partial charge in [0.2, 0.25) is 5.91 Å². The highest BCUT2D eigenvalue weighted by molar-refractivity contribution is 8.15. The first-order chi connectivity index (χ1) is 17.9. The summed E-state index contributed by atoms with van der Waals surface area (Å²) in [4.78, 5) is 31.8. The fourth-order valence-electron chi connectivity index (χ4n) is 6.01. The van der Waals surface area contributed by atoms with Crippen molar-refractivity contribution >= 4 is 29.2 Å². The Morgan fingerprint density at radius 3 is 2.68 bits per heavy atom. The van der Waals surface area contributed by atoms with Gasteiger partial charge in [-0.3, -0.25) is 35.4 Å². The van der Waals surface area contributed by atoms with E-state index < -0.39 is 24.5 Å². The number of likely N-dealkylation sites (N-methyl/N-ethyl adjacent to an activating group) is 1. The van der Waals surface area contributed by atoms with Gasteiger partial charge in [-0.1, -0.05) is 11.8 Å². The van der Waals surface area contributed by atoms with Crippen molar-refractivity contribution < 1.29 is 34.4 Å². The molecule has 5 aliphatic rings. The van der Waals surface area contributed by atoms with Gasteiger partial charge in [-0.25, -0.2) is 0 Å². The van der Waals surface area contributed by atoms with E-state index in [-0.39, 0.29) is 47.5 Å². The average molecular weight is 543 g/mol. The molecule has 6 N–H and O–H groups in total. The third kappa shape index (κ3) is 5.82. The van der Waals surface area contributed by atoms with E-state index in [0.29, 0.717) is 25.7 Å². The quantitative estimate of drug-likeness (QED) is 0.193. The maximum absolute atomic E-state index is 11.8. The SMILES string of the molecule is CN(CCOC1CCC(CC2SC(=O)NC2=O)CC1)C1NCNC2C1N=CN2C1OC(CO)C(O)C1O. The summed E-state index contributed by atoms with van der Waals surface area (Å²) < 4.78 is 11.9. The van der Waals surface area contributed by atoms with Gasteiger partial charge in [0.25, 0.3) is 5.24 Å². The molecule has 0 spiro atoms. The van der Waals surface area contributed by atoms with Crippen molar-refractivity contribution in [3.8, 4) is 0 Å². The van der Waals surface area contributed by atoms with Gasteiger partial charge >= 0.3 is 0 Å². The Morgan fingerprint density at radius 1 is 1.22 bits per heavy atom. The number of hydrogen-bond donors (Lipinski definition) is 6. The third-order valence-corrected chi connectivity index (χ3v) is 9.16. The molecule has 13 nitrogen and oxygen atoms in total. The van der Waals surface area contributed by atoms with Crippen LogP contribution < -0.4 is 16.0 Å². The summed E-state index contributed by atoms with van der Waals surface area (Å²) in [5.41, 5.74) is 0. The normalized spacial score (nSPS) is 42.0.